The van der Waals surface area contributed by atoms with Crippen molar-refractivity contribution in [2.45, 2.75) is 39.5 Å². The van der Waals surface area contributed by atoms with Crippen LogP contribution in [0.25, 0.3) is 11.3 Å². The fraction of sp³-hybridized carbons (Fsp3) is 0.444. The molecule has 0 unspecified atom stereocenters. The fourth-order valence-electron chi connectivity index (χ4n) is 3.02. The molecule has 0 radical (unpaired) electrons. The first-order valence-corrected chi connectivity index (χ1v) is 7.78. The molecule has 1 fully saturated rings. The first-order chi connectivity index (χ1) is 10.1. The van der Waals surface area contributed by atoms with Gasteiger partial charge in [-0.05, 0) is 63.9 Å². The van der Waals surface area contributed by atoms with Crippen LogP contribution >= 0.6 is 0 Å². The minimum Gasteiger partial charge on any atom is -0.317 e. The number of nitrogens with zero attached hydrogens (tertiary/aromatic N) is 2. The molecule has 2 heterocycles. The van der Waals surface area contributed by atoms with E-state index in [1.807, 2.05) is 0 Å². The van der Waals surface area contributed by atoms with Gasteiger partial charge in [0.15, 0.2) is 0 Å². The predicted molar refractivity (Wildman–Crippen MR) is 86.5 cm³/mol. The summed E-state index contributed by atoms with van der Waals surface area (Å²) in [5.74, 6) is 1.52. The molecule has 110 valence electrons. The zero-order chi connectivity index (χ0) is 14.8. The molecular weight excluding hydrogens is 258 g/mol. The van der Waals surface area contributed by atoms with Crippen molar-refractivity contribution in [3.63, 3.8) is 0 Å². The van der Waals surface area contributed by atoms with Gasteiger partial charge in [-0.25, -0.2) is 9.97 Å². The molecule has 3 heteroatoms. The molecule has 21 heavy (non-hydrogen) atoms. The first-order valence-electron chi connectivity index (χ1n) is 7.78. The van der Waals surface area contributed by atoms with E-state index in [4.69, 9.17) is 9.97 Å². The lowest BCUT2D eigenvalue weighted by atomic mass is 9.96. The van der Waals surface area contributed by atoms with Crippen molar-refractivity contribution in [1.82, 2.24) is 15.3 Å². The Morgan fingerprint density at radius 1 is 1.05 bits per heavy atom. The summed E-state index contributed by atoms with van der Waals surface area (Å²) in [6.45, 7) is 8.54. The number of aryl methyl sites for hydroxylation is 2. The molecule has 0 aliphatic carbocycles. The highest BCUT2D eigenvalue weighted by atomic mass is 14.9. The van der Waals surface area contributed by atoms with Crippen LogP contribution < -0.4 is 5.32 Å². The highest BCUT2D eigenvalue weighted by Gasteiger charge is 2.19. The zero-order valence-corrected chi connectivity index (χ0v) is 13.1. The molecule has 0 saturated carbocycles. The largest absolute Gasteiger partial charge is 0.317 e. The topological polar surface area (TPSA) is 37.8 Å². The number of aromatic nitrogens is 2. The maximum absolute atomic E-state index is 4.89. The average Bonchev–Trinajstić information content (AvgIpc) is 2.50. The third-order valence-electron chi connectivity index (χ3n) is 4.46. The van der Waals surface area contributed by atoms with Gasteiger partial charge in [0.25, 0.3) is 0 Å². The summed E-state index contributed by atoms with van der Waals surface area (Å²) >= 11 is 0. The highest BCUT2D eigenvalue weighted by molar-refractivity contribution is 5.65. The van der Waals surface area contributed by atoms with Crippen molar-refractivity contribution in [3.8, 4) is 11.3 Å². The zero-order valence-electron chi connectivity index (χ0n) is 13.1. The Morgan fingerprint density at radius 3 is 2.57 bits per heavy atom. The number of piperidine rings is 1. The van der Waals surface area contributed by atoms with Crippen LogP contribution in [0.4, 0.5) is 0 Å². The van der Waals surface area contributed by atoms with Crippen LogP contribution in [0.15, 0.2) is 24.3 Å². The van der Waals surface area contributed by atoms with E-state index in [0.717, 1.165) is 43.1 Å². The molecule has 0 spiro atoms. The minimum atomic E-state index is 0.495. The summed E-state index contributed by atoms with van der Waals surface area (Å²) in [4.78, 5) is 9.59. The molecule has 3 rings (SSSR count). The van der Waals surface area contributed by atoms with E-state index in [2.05, 4.69) is 50.4 Å². The number of rotatable bonds is 2. The normalized spacial score (nSPS) is 16.1. The summed E-state index contributed by atoms with van der Waals surface area (Å²) in [6, 6.07) is 8.53. The number of hydrogen-bond acceptors (Lipinski definition) is 3. The quantitative estimate of drug-likeness (QED) is 0.915. The van der Waals surface area contributed by atoms with Gasteiger partial charge in [-0.2, -0.15) is 0 Å². The van der Waals surface area contributed by atoms with Gasteiger partial charge in [0.2, 0.25) is 0 Å². The number of benzene rings is 1. The molecule has 0 bridgehead atoms. The standard InChI is InChI=1S/C18H23N3/c1-12-5-4-6-16(14(12)3)17-11-13(2)20-18(21-17)15-7-9-19-10-8-15/h4-6,11,15,19H,7-10H2,1-3H3. The smallest absolute Gasteiger partial charge is 0.132 e. The third-order valence-corrected chi connectivity index (χ3v) is 4.46. The lowest BCUT2D eigenvalue weighted by Crippen LogP contribution is -2.27. The molecule has 0 amide bonds. The minimum absolute atomic E-state index is 0.495. The lowest BCUT2D eigenvalue weighted by molar-refractivity contribution is 0.444. The van der Waals surface area contributed by atoms with E-state index >= 15 is 0 Å². The van der Waals surface area contributed by atoms with Crippen molar-refractivity contribution in [2.75, 3.05) is 13.1 Å². The highest BCUT2D eigenvalue weighted by Crippen LogP contribution is 2.28. The Morgan fingerprint density at radius 2 is 1.81 bits per heavy atom. The summed E-state index contributed by atoms with van der Waals surface area (Å²) in [5.41, 5.74) is 5.99. The molecule has 1 aromatic carbocycles. The van der Waals surface area contributed by atoms with Crippen LogP contribution in [0.2, 0.25) is 0 Å². The molecule has 0 atom stereocenters. The van der Waals surface area contributed by atoms with E-state index in [1.165, 1.54) is 16.7 Å². The van der Waals surface area contributed by atoms with Crippen molar-refractivity contribution in [2.24, 2.45) is 0 Å². The van der Waals surface area contributed by atoms with Crippen LogP contribution in [-0.4, -0.2) is 23.1 Å². The van der Waals surface area contributed by atoms with E-state index in [0.29, 0.717) is 5.92 Å². The van der Waals surface area contributed by atoms with Crippen molar-refractivity contribution in [3.05, 3.63) is 46.9 Å². The number of hydrogen-bond donors (Lipinski definition) is 1. The molecule has 1 saturated heterocycles. The Hall–Kier alpha value is -1.74. The summed E-state index contributed by atoms with van der Waals surface area (Å²) in [7, 11) is 0. The summed E-state index contributed by atoms with van der Waals surface area (Å²) in [6.07, 6.45) is 2.27. The van der Waals surface area contributed by atoms with E-state index in [1.54, 1.807) is 0 Å². The number of nitrogens with one attached hydrogen (secondary N) is 1. The molecular formula is C18H23N3. The molecule has 1 aliphatic heterocycles. The van der Waals surface area contributed by atoms with Gasteiger partial charge in [-0.1, -0.05) is 18.2 Å². The van der Waals surface area contributed by atoms with Crippen LogP contribution in [0.1, 0.15) is 41.4 Å². The van der Waals surface area contributed by atoms with Crippen LogP contribution in [0.3, 0.4) is 0 Å². The monoisotopic (exact) mass is 281 g/mol. The average molecular weight is 281 g/mol. The van der Waals surface area contributed by atoms with Gasteiger partial charge in [0, 0.05) is 17.2 Å². The second-order valence-corrected chi connectivity index (χ2v) is 6.02. The van der Waals surface area contributed by atoms with Crippen molar-refractivity contribution >= 4 is 0 Å². The maximum Gasteiger partial charge on any atom is 0.132 e. The molecule has 1 aromatic heterocycles. The fourth-order valence-corrected chi connectivity index (χ4v) is 3.02. The van der Waals surface area contributed by atoms with Crippen LogP contribution in [-0.2, 0) is 0 Å². The van der Waals surface area contributed by atoms with Gasteiger partial charge >= 0.3 is 0 Å². The Kier molecular flexibility index (Phi) is 4.02. The second-order valence-electron chi connectivity index (χ2n) is 6.02. The molecule has 3 nitrogen and oxygen atoms in total. The van der Waals surface area contributed by atoms with E-state index in [-0.39, 0.29) is 0 Å². The maximum atomic E-state index is 4.89. The summed E-state index contributed by atoms with van der Waals surface area (Å²) in [5, 5.41) is 3.41. The first kappa shape index (κ1) is 14.2. The Labute approximate surface area is 126 Å². The van der Waals surface area contributed by atoms with Crippen LogP contribution in [0, 0.1) is 20.8 Å². The van der Waals surface area contributed by atoms with Crippen molar-refractivity contribution in [1.29, 1.82) is 0 Å². The van der Waals surface area contributed by atoms with Crippen LogP contribution in [0.5, 0.6) is 0 Å². The van der Waals surface area contributed by atoms with Gasteiger partial charge in [-0.15, -0.1) is 0 Å². The third kappa shape index (κ3) is 2.98. The SMILES string of the molecule is Cc1cc(-c2cccc(C)c2C)nc(C2CCNCC2)n1. The van der Waals surface area contributed by atoms with Gasteiger partial charge < -0.3 is 5.32 Å². The molecule has 2 aromatic rings. The Balaban J connectivity index is 2.03. The molecule has 1 N–H and O–H groups in total. The van der Waals surface area contributed by atoms with Gasteiger partial charge in [0.05, 0.1) is 5.69 Å². The van der Waals surface area contributed by atoms with E-state index in [9.17, 15) is 0 Å². The van der Waals surface area contributed by atoms with E-state index < -0.39 is 0 Å². The van der Waals surface area contributed by atoms with Crippen molar-refractivity contribution < 1.29 is 0 Å². The lowest BCUT2D eigenvalue weighted by Gasteiger charge is -2.22. The summed E-state index contributed by atoms with van der Waals surface area (Å²) < 4.78 is 0. The predicted octanol–water partition coefficient (Wildman–Crippen LogP) is 3.54. The molecule has 1 aliphatic rings. The Bertz CT molecular complexity index is 643. The second kappa shape index (κ2) is 5.94. The van der Waals surface area contributed by atoms with Gasteiger partial charge in [-0.3, -0.25) is 0 Å². The van der Waals surface area contributed by atoms with Gasteiger partial charge in [0.1, 0.15) is 5.82 Å².